The Labute approximate surface area is 207 Å². The average Bonchev–Trinajstić information content (AvgIpc) is 2.81. The molecule has 1 aromatic heterocycles. The van der Waals surface area contributed by atoms with Crippen molar-refractivity contribution < 1.29 is 24.6 Å². The van der Waals surface area contributed by atoms with Crippen LogP contribution in [0.3, 0.4) is 0 Å². The molecule has 0 spiro atoms. The molecule has 3 aromatic rings. The highest BCUT2D eigenvalue weighted by Crippen LogP contribution is 2.42. The van der Waals surface area contributed by atoms with Crippen LogP contribution < -0.4 is 4.73 Å². The lowest BCUT2D eigenvalue weighted by Gasteiger charge is -2.45. The van der Waals surface area contributed by atoms with Gasteiger partial charge in [-0.15, -0.1) is 0 Å². The first-order valence-electron chi connectivity index (χ1n) is 12.1. The van der Waals surface area contributed by atoms with E-state index in [0.29, 0.717) is 19.4 Å². The van der Waals surface area contributed by atoms with E-state index in [1.54, 1.807) is 18.7 Å². The van der Waals surface area contributed by atoms with Gasteiger partial charge >= 0.3 is 6.09 Å². The largest absolute Gasteiger partial charge is 0.438 e. The number of aromatic nitrogens is 1. The van der Waals surface area contributed by atoms with Crippen molar-refractivity contribution in [2.75, 3.05) is 6.54 Å². The predicted octanol–water partition coefficient (Wildman–Crippen LogP) is 5.46. The summed E-state index contributed by atoms with van der Waals surface area (Å²) in [7, 11) is 0. The van der Waals surface area contributed by atoms with Crippen molar-refractivity contribution in [2.45, 2.75) is 64.7 Å². The van der Waals surface area contributed by atoms with Crippen molar-refractivity contribution in [3.63, 3.8) is 0 Å². The maximum atomic E-state index is 13.3. The molecule has 0 unspecified atom stereocenters. The molecule has 35 heavy (non-hydrogen) atoms. The van der Waals surface area contributed by atoms with Crippen molar-refractivity contribution >= 4 is 6.09 Å². The summed E-state index contributed by atoms with van der Waals surface area (Å²) < 4.78 is 7.30. The van der Waals surface area contributed by atoms with E-state index in [9.17, 15) is 15.1 Å². The van der Waals surface area contributed by atoms with Crippen LogP contribution >= 0.6 is 0 Å². The lowest BCUT2D eigenvalue weighted by molar-refractivity contribution is -0.912. The molecule has 0 aliphatic carbocycles. The molecule has 6 heteroatoms. The maximum Gasteiger partial charge on any atom is 0.411 e. The molecule has 0 radical (unpaired) electrons. The van der Waals surface area contributed by atoms with Crippen LogP contribution in [0.5, 0.6) is 0 Å². The van der Waals surface area contributed by atoms with E-state index < -0.39 is 11.2 Å². The molecule has 0 bridgehead atoms. The zero-order valence-electron chi connectivity index (χ0n) is 21.2. The fourth-order valence-corrected chi connectivity index (χ4v) is 5.08. The predicted molar refractivity (Wildman–Crippen MR) is 134 cm³/mol. The highest BCUT2D eigenvalue weighted by Gasteiger charge is 2.46. The zero-order valence-corrected chi connectivity index (χ0v) is 21.2. The SMILES string of the molecule is Cc1cc(-c2ccc([C@H](C)N3CC[C@](CC(C)(C)O)(c4ccccc4)OC3=O)cc2)cc(C)[n+]1O. The first-order chi connectivity index (χ1) is 16.5. The van der Waals surface area contributed by atoms with Gasteiger partial charge in [0.05, 0.1) is 11.6 Å². The number of cyclic esters (lactones) is 1. The molecule has 4 rings (SSSR count). The molecule has 0 saturated carbocycles. The van der Waals surface area contributed by atoms with Crippen LogP contribution in [0.25, 0.3) is 11.1 Å². The molecule has 6 nitrogen and oxygen atoms in total. The van der Waals surface area contributed by atoms with Crippen LogP contribution in [-0.4, -0.2) is 33.5 Å². The van der Waals surface area contributed by atoms with E-state index in [1.165, 1.54) is 4.73 Å². The van der Waals surface area contributed by atoms with E-state index in [1.807, 2.05) is 87.5 Å². The Morgan fingerprint density at radius 1 is 1.03 bits per heavy atom. The van der Waals surface area contributed by atoms with Gasteiger partial charge < -0.3 is 14.7 Å². The highest BCUT2D eigenvalue weighted by molar-refractivity contribution is 5.70. The molecule has 2 N–H and O–H groups in total. The summed E-state index contributed by atoms with van der Waals surface area (Å²) >= 11 is 0. The number of carbonyl (C=O) groups is 1. The molecule has 1 aliphatic rings. The monoisotopic (exact) mass is 475 g/mol. The summed E-state index contributed by atoms with van der Waals surface area (Å²) in [5.41, 5.74) is 3.69. The van der Waals surface area contributed by atoms with Gasteiger partial charge in [0.1, 0.15) is 5.60 Å². The summed E-state index contributed by atoms with van der Waals surface area (Å²) in [6.45, 7) is 9.76. The molecule has 1 fully saturated rings. The van der Waals surface area contributed by atoms with Gasteiger partial charge in [0.25, 0.3) is 0 Å². The Hall–Kier alpha value is -3.38. The first kappa shape index (κ1) is 24.7. The van der Waals surface area contributed by atoms with Gasteiger partial charge in [0, 0.05) is 50.1 Å². The summed E-state index contributed by atoms with van der Waals surface area (Å²) in [6, 6.07) is 21.6. The number of ether oxygens (including phenoxy) is 1. The third-order valence-electron chi connectivity index (χ3n) is 6.88. The number of aryl methyl sites for hydroxylation is 2. The standard InChI is InChI=1S/C29H35N2O4/c1-20-17-25(18-21(2)31(20)34)24-13-11-23(12-14-24)22(3)30-16-15-29(35-27(30)32,19-28(4,5)33)26-9-7-6-8-10-26/h6-14,17-18,22,33-34H,15-16,19H2,1-5H3/q+1/t22-,29-/m0/s1. The van der Waals surface area contributed by atoms with Crippen LogP contribution in [0.15, 0.2) is 66.7 Å². The van der Waals surface area contributed by atoms with Crippen molar-refractivity contribution in [3.8, 4) is 11.1 Å². The van der Waals surface area contributed by atoms with Crippen molar-refractivity contribution in [1.82, 2.24) is 4.90 Å². The number of nitrogens with zero attached hydrogens (tertiary/aromatic N) is 2. The van der Waals surface area contributed by atoms with Crippen molar-refractivity contribution in [2.24, 2.45) is 0 Å². The lowest BCUT2D eigenvalue weighted by Crippen LogP contribution is -2.51. The number of amides is 1. The van der Waals surface area contributed by atoms with Gasteiger partial charge in [0.2, 0.25) is 11.4 Å². The molecule has 1 aliphatic heterocycles. The minimum atomic E-state index is -0.983. The van der Waals surface area contributed by atoms with Crippen LogP contribution in [0, 0.1) is 13.8 Å². The smallest absolute Gasteiger partial charge is 0.411 e. The number of carbonyl (C=O) groups excluding carboxylic acids is 1. The number of aliphatic hydroxyl groups is 1. The third kappa shape index (κ3) is 5.17. The van der Waals surface area contributed by atoms with Gasteiger partial charge in [0.15, 0.2) is 0 Å². The molecular weight excluding hydrogens is 440 g/mol. The van der Waals surface area contributed by atoms with Crippen LogP contribution in [0.4, 0.5) is 4.79 Å². The van der Waals surface area contributed by atoms with E-state index in [4.69, 9.17) is 4.74 Å². The quantitative estimate of drug-likeness (QED) is 0.367. The molecule has 184 valence electrons. The van der Waals surface area contributed by atoms with Gasteiger partial charge in [-0.3, -0.25) is 5.21 Å². The minimum Gasteiger partial charge on any atom is -0.438 e. The molecule has 1 amide bonds. The Balaban J connectivity index is 1.54. The van der Waals surface area contributed by atoms with E-state index in [-0.39, 0.29) is 12.1 Å². The van der Waals surface area contributed by atoms with Crippen molar-refractivity contribution in [3.05, 3.63) is 89.2 Å². The highest BCUT2D eigenvalue weighted by atomic mass is 16.6. The van der Waals surface area contributed by atoms with Crippen LogP contribution in [-0.2, 0) is 10.3 Å². The second kappa shape index (κ2) is 9.34. The average molecular weight is 476 g/mol. The number of hydrogen-bond donors (Lipinski definition) is 2. The number of rotatable bonds is 6. The van der Waals surface area contributed by atoms with Crippen molar-refractivity contribution in [1.29, 1.82) is 0 Å². The molecule has 1 saturated heterocycles. The fourth-order valence-electron chi connectivity index (χ4n) is 5.08. The number of pyridine rings is 1. The minimum absolute atomic E-state index is 0.161. The van der Waals surface area contributed by atoms with E-state index in [2.05, 4.69) is 0 Å². The third-order valence-corrected chi connectivity index (χ3v) is 6.88. The summed E-state index contributed by atoms with van der Waals surface area (Å²) in [5.74, 6) is 0. The van der Waals surface area contributed by atoms with E-state index in [0.717, 1.165) is 33.6 Å². The second-order valence-corrected chi connectivity index (χ2v) is 10.3. The molecule has 2 atom stereocenters. The van der Waals surface area contributed by atoms with Crippen LogP contribution in [0.1, 0.15) is 62.2 Å². The summed E-state index contributed by atoms with van der Waals surface area (Å²) in [4.78, 5) is 15.0. The number of benzene rings is 2. The maximum absolute atomic E-state index is 13.3. The van der Waals surface area contributed by atoms with Gasteiger partial charge in [-0.2, -0.15) is 0 Å². The molecule has 2 heterocycles. The summed E-state index contributed by atoms with van der Waals surface area (Å²) in [6.07, 6.45) is 0.553. The zero-order chi connectivity index (χ0) is 25.4. The van der Waals surface area contributed by atoms with Gasteiger partial charge in [-0.1, -0.05) is 54.6 Å². The lowest BCUT2D eigenvalue weighted by atomic mass is 9.80. The normalized spacial score (nSPS) is 19.4. The topological polar surface area (TPSA) is 73.9 Å². The Bertz CT molecular complexity index is 1180. The second-order valence-electron chi connectivity index (χ2n) is 10.3. The molecular formula is C29H35N2O4+. The number of hydrogen-bond acceptors (Lipinski definition) is 4. The molecule has 2 aromatic carbocycles. The van der Waals surface area contributed by atoms with Gasteiger partial charge in [-0.05, 0) is 43.0 Å². The Kier molecular flexibility index (Phi) is 6.60. The Morgan fingerprint density at radius 2 is 1.63 bits per heavy atom. The Morgan fingerprint density at radius 3 is 2.17 bits per heavy atom. The fraction of sp³-hybridized carbons (Fsp3) is 0.379. The summed E-state index contributed by atoms with van der Waals surface area (Å²) in [5, 5.41) is 20.6. The van der Waals surface area contributed by atoms with Gasteiger partial charge in [-0.25, -0.2) is 4.79 Å². The van der Waals surface area contributed by atoms with Crippen LogP contribution in [0.2, 0.25) is 0 Å². The first-order valence-corrected chi connectivity index (χ1v) is 12.1. The van der Waals surface area contributed by atoms with E-state index >= 15 is 0 Å².